The number of carbonyl (C=O) groups is 2. The average molecular weight is 194 g/mol. The summed E-state index contributed by atoms with van der Waals surface area (Å²) in [6.07, 6.45) is 0. The molecular formula is C8H6N2O4. The lowest BCUT2D eigenvalue weighted by Crippen LogP contribution is -2.17. The summed E-state index contributed by atoms with van der Waals surface area (Å²) in [5.41, 5.74) is 5.37. The van der Waals surface area contributed by atoms with E-state index < -0.39 is 11.8 Å². The number of rotatable bonds is 2. The normalized spacial score (nSPS) is 10.3. The van der Waals surface area contributed by atoms with E-state index in [4.69, 9.17) is 5.73 Å². The molecule has 1 heterocycles. The third-order valence-corrected chi connectivity index (χ3v) is 1.74. The van der Waals surface area contributed by atoms with Gasteiger partial charge < -0.3 is 5.73 Å². The van der Waals surface area contributed by atoms with Crippen LogP contribution < -0.4 is 5.73 Å². The summed E-state index contributed by atoms with van der Waals surface area (Å²) in [5, 5.41) is 0. The van der Waals surface area contributed by atoms with Gasteiger partial charge in [-0.15, -0.1) is 9.36 Å². The summed E-state index contributed by atoms with van der Waals surface area (Å²) < 4.78 is 8.38. The lowest BCUT2D eigenvalue weighted by molar-refractivity contribution is 0.0906. The molecule has 2 aromatic rings. The lowest BCUT2D eigenvalue weighted by atomic mass is 10.1. The molecule has 0 radical (unpaired) electrons. The number of primary amides is 1. The summed E-state index contributed by atoms with van der Waals surface area (Å²) in [7, 11) is 0. The van der Waals surface area contributed by atoms with E-state index in [1.807, 2.05) is 0 Å². The number of benzene rings is 1. The molecular weight excluding hydrogens is 188 g/mol. The van der Waals surface area contributed by atoms with Gasteiger partial charge in [0.15, 0.2) is 0 Å². The van der Waals surface area contributed by atoms with Gasteiger partial charge in [-0.3, -0.25) is 9.59 Å². The van der Waals surface area contributed by atoms with Crippen molar-refractivity contribution in [2.75, 3.05) is 0 Å². The smallest absolute Gasteiger partial charge is 0.336 e. The van der Waals surface area contributed by atoms with Crippen molar-refractivity contribution in [3.05, 3.63) is 35.4 Å². The van der Waals surface area contributed by atoms with Crippen LogP contribution in [0.4, 0.5) is 0 Å². The number of hydrogen-bond acceptors (Lipinski definition) is 4. The van der Waals surface area contributed by atoms with Crippen LogP contribution in [0.1, 0.15) is 20.7 Å². The molecule has 72 valence electrons. The number of aromatic nitrogens is 1. The fourth-order valence-corrected chi connectivity index (χ4v) is 1.07. The van der Waals surface area contributed by atoms with E-state index in [1.54, 1.807) is 12.1 Å². The Morgan fingerprint density at radius 3 is 2.21 bits per heavy atom. The molecule has 6 nitrogen and oxygen atoms in total. The fraction of sp³-hybridized carbons (Fsp3) is 0. The van der Waals surface area contributed by atoms with Crippen molar-refractivity contribution in [2.45, 2.75) is 0 Å². The van der Waals surface area contributed by atoms with Crippen LogP contribution in [-0.4, -0.2) is 16.7 Å². The minimum atomic E-state index is -0.671. The van der Waals surface area contributed by atoms with Crippen LogP contribution in [0.2, 0.25) is 0 Å². The zero-order valence-electron chi connectivity index (χ0n) is 6.97. The lowest BCUT2D eigenvalue weighted by Gasteiger charge is -1.99. The third kappa shape index (κ3) is 1.33. The molecule has 0 fully saturated rings. The molecule has 0 saturated heterocycles. The van der Waals surface area contributed by atoms with Gasteiger partial charge >= 0.3 is 5.91 Å². The maximum Gasteiger partial charge on any atom is 0.336 e. The standard InChI is InChI=1S/C8H6N2O4/c9-7(11)5-3-1-2-4-6(5)8(12)10-13-14-10/h1-4H,(H2,9,11). The molecule has 0 aliphatic heterocycles. The van der Waals surface area contributed by atoms with Crippen LogP contribution in [0.25, 0.3) is 0 Å². The highest BCUT2D eigenvalue weighted by atomic mass is 17.3. The van der Waals surface area contributed by atoms with Crippen LogP contribution in [-0.2, 0) is 0 Å². The first-order valence-corrected chi connectivity index (χ1v) is 3.78. The second-order valence-corrected chi connectivity index (χ2v) is 2.62. The molecule has 6 heteroatoms. The molecule has 0 unspecified atom stereocenters. The van der Waals surface area contributed by atoms with Crippen LogP contribution in [0.15, 0.2) is 33.6 Å². The fourth-order valence-electron chi connectivity index (χ4n) is 1.07. The highest BCUT2D eigenvalue weighted by Gasteiger charge is 2.22. The summed E-state index contributed by atoms with van der Waals surface area (Å²) in [6, 6.07) is 6.15. The SMILES string of the molecule is NC(=O)c1ccccc1C(=O)n1oo1. The summed E-state index contributed by atoms with van der Waals surface area (Å²) >= 11 is 0. The molecule has 1 aromatic heterocycles. The molecule has 0 bridgehead atoms. The van der Waals surface area contributed by atoms with E-state index in [1.165, 1.54) is 12.1 Å². The van der Waals surface area contributed by atoms with Gasteiger partial charge in [0, 0.05) is 0 Å². The molecule has 0 aliphatic rings. The Bertz CT molecular complexity index is 468. The van der Waals surface area contributed by atoms with Gasteiger partial charge in [-0.05, 0) is 12.1 Å². The van der Waals surface area contributed by atoms with Crippen LogP contribution >= 0.6 is 0 Å². The van der Waals surface area contributed by atoms with Crippen molar-refractivity contribution in [3.8, 4) is 0 Å². The Kier molecular flexibility index (Phi) is 1.74. The molecule has 0 aliphatic carbocycles. The molecule has 0 spiro atoms. The van der Waals surface area contributed by atoms with Crippen LogP contribution in [0.5, 0.6) is 0 Å². The number of nitrogens with zero attached hydrogens (tertiary/aromatic N) is 1. The molecule has 0 atom stereocenters. The number of carbonyl (C=O) groups excluding carboxylic acids is 2. The first-order chi connectivity index (χ1) is 6.70. The zero-order chi connectivity index (χ0) is 10.1. The molecule has 1 aromatic carbocycles. The Balaban J connectivity index is 2.47. The van der Waals surface area contributed by atoms with Gasteiger partial charge in [-0.25, -0.2) is 0 Å². The maximum absolute atomic E-state index is 11.4. The quantitative estimate of drug-likeness (QED) is 0.703. The number of nitrogens with two attached hydrogens (primary N) is 1. The van der Waals surface area contributed by atoms with E-state index in [-0.39, 0.29) is 11.1 Å². The Morgan fingerprint density at radius 2 is 1.71 bits per heavy atom. The largest absolute Gasteiger partial charge is 0.366 e. The van der Waals surface area contributed by atoms with Crippen molar-refractivity contribution in [2.24, 2.45) is 5.73 Å². The van der Waals surface area contributed by atoms with Crippen molar-refractivity contribution in [1.29, 1.82) is 0 Å². The third-order valence-electron chi connectivity index (χ3n) is 1.74. The Labute approximate surface area is 77.7 Å². The minimum Gasteiger partial charge on any atom is -0.366 e. The van der Waals surface area contributed by atoms with E-state index in [0.717, 1.165) is 0 Å². The summed E-state index contributed by atoms with van der Waals surface area (Å²) in [5.74, 6) is -1.23. The van der Waals surface area contributed by atoms with Crippen molar-refractivity contribution >= 4 is 11.8 Å². The number of amides is 1. The molecule has 14 heavy (non-hydrogen) atoms. The average Bonchev–Trinajstić information content (AvgIpc) is 3.00. The van der Waals surface area contributed by atoms with Gasteiger partial charge in [-0.1, -0.05) is 12.1 Å². The second kappa shape index (κ2) is 2.91. The maximum atomic E-state index is 11.4. The summed E-state index contributed by atoms with van der Waals surface area (Å²) in [6.45, 7) is 0. The molecule has 2 N–H and O–H groups in total. The number of hydrogen-bond donors (Lipinski definition) is 1. The van der Waals surface area contributed by atoms with Gasteiger partial charge in [0.2, 0.25) is 5.91 Å². The first-order valence-electron chi connectivity index (χ1n) is 3.78. The van der Waals surface area contributed by atoms with Gasteiger partial charge in [0.05, 0.1) is 16.0 Å². The molecule has 2 rings (SSSR count). The van der Waals surface area contributed by atoms with Gasteiger partial charge in [0.1, 0.15) is 0 Å². The highest BCUT2D eigenvalue weighted by molar-refractivity contribution is 6.06. The van der Waals surface area contributed by atoms with Gasteiger partial charge in [0.25, 0.3) is 0 Å². The van der Waals surface area contributed by atoms with Crippen molar-refractivity contribution in [3.63, 3.8) is 0 Å². The molecule has 0 saturated carbocycles. The topological polar surface area (TPSA) is 91.4 Å². The second-order valence-electron chi connectivity index (χ2n) is 2.62. The van der Waals surface area contributed by atoms with Crippen LogP contribution in [0.3, 0.4) is 0 Å². The van der Waals surface area contributed by atoms with Gasteiger partial charge in [-0.2, -0.15) is 0 Å². The Hall–Kier alpha value is -2.24. The van der Waals surface area contributed by atoms with Crippen LogP contribution in [0, 0.1) is 0 Å². The minimum absolute atomic E-state index is 0.136. The monoisotopic (exact) mass is 194 g/mol. The molecule has 1 amide bonds. The van der Waals surface area contributed by atoms with E-state index in [0.29, 0.717) is 4.91 Å². The van der Waals surface area contributed by atoms with E-state index in [9.17, 15) is 9.59 Å². The predicted molar refractivity (Wildman–Crippen MR) is 43.7 cm³/mol. The van der Waals surface area contributed by atoms with Crippen molar-refractivity contribution < 1.29 is 19.0 Å². The van der Waals surface area contributed by atoms with E-state index >= 15 is 0 Å². The summed E-state index contributed by atoms with van der Waals surface area (Å²) in [4.78, 5) is 23.0. The predicted octanol–water partition coefficient (Wildman–Crippen LogP) is 0.462. The Morgan fingerprint density at radius 1 is 1.14 bits per heavy atom. The highest BCUT2D eigenvalue weighted by Crippen LogP contribution is 2.11. The zero-order valence-corrected chi connectivity index (χ0v) is 6.97. The van der Waals surface area contributed by atoms with E-state index in [2.05, 4.69) is 9.36 Å². The van der Waals surface area contributed by atoms with Crippen molar-refractivity contribution in [1.82, 2.24) is 4.91 Å². The first kappa shape index (κ1) is 8.36.